The lowest BCUT2D eigenvalue weighted by molar-refractivity contribution is -0.113. The number of aryl methyl sites for hydroxylation is 1. The van der Waals surface area contributed by atoms with Gasteiger partial charge in [-0.1, -0.05) is 64.0 Å². The van der Waals surface area contributed by atoms with Crippen LogP contribution in [-0.4, -0.2) is 17.4 Å². The Balaban J connectivity index is 1.73. The summed E-state index contributed by atoms with van der Waals surface area (Å²) in [6.07, 6.45) is 0. The normalized spacial score (nSPS) is 10.4. The number of carbonyl (C=O) groups excluding carboxylic acids is 2. The Bertz CT molecular complexity index is 956. The zero-order valence-corrected chi connectivity index (χ0v) is 17.1. The van der Waals surface area contributed by atoms with Crippen molar-refractivity contribution in [3.8, 4) is 0 Å². The monoisotopic (exact) mass is 439 g/mol. The van der Waals surface area contributed by atoms with Crippen LogP contribution in [0.4, 0.5) is 5.69 Å². The molecule has 0 aliphatic carbocycles. The largest absolute Gasteiger partial charge is 0.325 e. The van der Waals surface area contributed by atoms with Gasteiger partial charge in [0.05, 0.1) is 11.4 Å². The molecule has 0 bridgehead atoms. The van der Waals surface area contributed by atoms with Crippen molar-refractivity contribution in [2.24, 2.45) is 0 Å². The predicted octanol–water partition coefficient (Wildman–Crippen LogP) is 5.72. The quantitative estimate of drug-likeness (QED) is 0.394. The first kappa shape index (κ1) is 19.4. The number of rotatable bonds is 6. The van der Waals surface area contributed by atoms with E-state index in [-0.39, 0.29) is 17.4 Å². The summed E-state index contributed by atoms with van der Waals surface area (Å²) in [6, 6.07) is 22.4. The topological polar surface area (TPSA) is 46.2 Å². The summed E-state index contributed by atoms with van der Waals surface area (Å²) < 4.78 is 0.786. The van der Waals surface area contributed by atoms with E-state index in [0.717, 1.165) is 9.37 Å². The van der Waals surface area contributed by atoms with Gasteiger partial charge in [-0.3, -0.25) is 9.59 Å². The van der Waals surface area contributed by atoms with Gasteiger partial charge in [-0.2, -0.15) is 0 Å². The lowest BCUT2D eigenvalue weighted by Gasteiger charge is -2.11. The van der Waals surface area contributed by atoms with Crippen LogP contribution in [0.25, 0.3) is 0 Å². The van der Waals surface area contributed by atoms with E-state index in [1.165, 1.54) is 17.3 Å². The molecule has 0 unspecified atom stereocenters. The van der Waals surface area contributed by atoms with Gasteiger partial charge in [0.2, 0.25) is 5.91 Å². The molecule has 0 aliphatic rings. The second-order valence-electron chi connectivity index (χ2n) is 6.03. The van der Waals surface area contributed by atoms with Gasteiger partial charge >= 0.3 is 0 Å². The molecule has 27 heavy (non-hydrogen) atoms. The Morgan fingerprint density at radius 3 is 2.37 bits per heavy atom. The smallest absolute Gasteiger partial charge is 0.234 e. The molecule has 0 aromatic heterocycles. The van der Waals surface area contributed by atoms with Crippen LogP contribution in [-0.2, 0) is 4.79 Å². The van der Waals surface area contributed by atoms with E-state index in [9.17, 15) is 9.59 Å². The van der Waals surface area contributed by atoms with Crippen LogP contribution in [0.5, 0.6) is 0 Å². The minimum Gasteiger partial charge on any atom is -0.325 e. The highest BCUT2D eigenvalue weighted by Gasteiger charge is 2.16. The van der Waals surface area contributed by atoms with Crippen molar-refractivity contribution >= 4 is 45.1 Å². The number of halogens is 1. The van der Waals surface area contributed by atoms with Gasteiger partial charge in [0.1, 0.15) is 0 Å². The summed E-state index contributed by atoms with van der Waals surface area (Å²) in [5, 5.41) is 2.87. The first-order valence-corrected chi connectivity index (χ1v) is 10.2. The number of ketones is 1. The summed E-state index contributed by atoms with van der Waals surface area (Å²) in [5.41, 5.74) is 2.74. The number of carbonyl (C=O) groups is 2. The maximum absolute atomic E-state index is 12.8. The molecule has 3 rings (SSSR count). The Labute approximate surface area is 171 Å². The summed E-state index contributed by atoms with van der Waals surface area (Å²) in [6.45, 7) is 2.03. The zero-order valence-electron chi connectivity index (χ0n) is 14.7. The highest BCUT2D eigenvalue weighted by Crippen LogP contribution is 2.25. The first-order chi connectivity index (χ1) is 13.0. The third-order valence-corrected chi connectivity index (χ3v) is 5.43. The maximum atomic E-state index is 12.8. The predicted molar refractivity (Wildman–Crippen MR) is 115 cm³/mol. The molecule has 0 saturated carbocycles. The highest BCUT2D eigenvalue weighted by molar-refractivity contribution is 9.10. The van der Waals surface area contributed by atoms with Crippen LogP contribution in [0.2, 0.25) is 0 Å². The van der Waals surface area contributed by atoms with Gasteiger partial charge < -0.3 is 5.32 Å². The maximum Gasteiger partial charge on any atom is 0.234 e. The second kappa shape index (κ2) is 9.02. The third kappa shape index (κ3) is 5.31. The molecule has 3 aromatic carbocycles. The fourth-order valence-corrected chi connectivity index (χ4v) is 3.59. The van der Waals surface area contributed by atoms with Gasteiger partial charge in [0.15, 0.2) is 5.78 Å². The van der Waals surface area contributed by atoms with Crippen LogP contribution < -0.4 is 5.32 Å². The van der Waals surface area contributed by atoms with Crippen LogP contribution in [0, 0.1) is 6.92 Å². The highest BCUT2D eigenvalue weighted by atomic mass is 79.9. The number of nitrogens with one attached hydrogen (secondary N) is 1. The molecular formula is C22H18BrNO2S. The number of thioether (sulfide) groups is 1. The van der Waals surface area contributed by atoms with Gasteiger partial charge in [-0.25, -0.2) is 0 Å². The van der Waals surface area contributed by atoms with E-state index in [4.69, 9.17) is 0 Å². The van der Waals surface area contributed by atoms with Crippen LogP contribution in [0.15, 0.2) is 82.2 Å². The van der Waals surface area contributed by atoms with E-state index in [1.807, 2.05) is 55.5 Å². The number of benzene rings is 3. The third-order valence-electron chi connectivity index (χ3n) is 3.93. The van der Waals surface area contributed by atoms with Gasteiger partial charge in [0, 0.05) is 20.5 Å². The van der Waals surface area contributed by atoms with E-state index in [1.54, 1.807) is 24.3 Å². The molecule has 0 aliphatic heterocycles. The first-order valence-electron chi connectivity index (χ1n) is 8.41. The molecule has 0 spiro atoms. The molecule has 1 N–H and O–H groups in total. The molecule has 0 fully saturated rings. The van der Waals surface area contributed by atoms with Crippen molar-refractivity contribution in [3.05, 3.63) is 94.0 Å². The Kier molecular flexibility index (Phi) is 6.48. The number of anilines is 1. The van der Waals surface area contributed by atoms with Gasteiger partial charge in [-0.05, 0) is 37.3 Å². The molecule has 3 nitrogen and oxygen atoms in total. The molecular weight excluding hydrogens is 422 g/mol. The number of hydrogen-bond acceptors (Lipinski definition) is 3. The van der Waals surface area contributed by atoms with Gasteiger partial charge in [0.25, 0.3) is 0 Å². The number of amides is 1. The summed E-state index contributed by atoms with van der Waals surface area (Å²) in [5.74, 6) is 0.00125. The molecule has 0 heterocycles. The lowest BCUT2D eigenvalue weighted by Crippen LogP contribution is -2.17. The van der Waals surface area contributed by atoms with Crippen molar-refractivity contribution in [1.82, 2.24) is 0 Å². The summed E-state index contributed by atoms with van der Waals surface area (Å²) >= 11 is 4.87. The molecule has 0 atom stereocenters. The van der Waals surface area contributed by atoms with E-state index in [2.05, 4.69) is 21.2 Å². The molecule has 0 radical (unpaired) electrons. The van der Waals surface area contributed by atoms with Crippen molar-refractivity contribution < 1.29 is 9.59 Å². The fourth-order valence-electron chi connectivity index (χ4n) is 2.53. The van der Waals surface area contributed by atoms with Gasteiger partial charge in [-0.15, -0.1) is 11.8 Å². The second-order valence-corrected chi connectivity index (χ2v) is 8.00. The van der Waals surface area contributed by atoms with Crippen molar-refractivity contribution in [3.63, 3.8) is 0 Å². The SMILES string of the molecule is Cc1ccc(SCC(=O)Nc2ccc(Br)cc2C(=O)c2ccccc2)cc1. The van der Waals surface area contributed by atoms with E-state index >= 15 is 0 Å². The number of hydrogen-bond donors (Lipinski definition) is 1. The summed E-state index contributed by atoms with van der Waals surface area (Å²) in [7, 11) is 0. The van der Waals surface area contributed by atoms with Crippen LogP contribution >= 0.6 is 27.7 Å². The Hall–Kier alpha value is -2.37. The Morgan fingerprint density at radius 2 is 1.67 bits per heavy atom. The molecule has 136 valence electrons. The molecule has 5 heteroatoms. The molecule has 0 saturated heterocycles. The van der Waals surface area contributed by atoms with Crippen molar-refractivity contribution in [1.29, 1.82) is 0 Å². The average Bonchev–Trinajstić information content (AvgIpc) is 2.69. The molecule has 1 amide bonds. The standard InChI is InChI=1S/C22H18BrNO2S/c1-15-7-10-18(11-8-15)27-14-21(25)24-20-12-9-17(23)13-19(20)22(26)16-5-3-2-4-6-16/h2-13H,14H2,1H3,(H,24,25). The van der Waals surface area contributed by atoms with Crippen molar-refractivity contribution in [2.45, 2.75) is 11.8 Å². The minimum absolute atomic E-state index is 0.126. The van der Waals surface area contributed by atoms with Crippen LogP contribution in [0.3, 0.4) is 0 Å². The molecule has 3 aromatic rings. The average molecular weight is 440 g/mol. The van der Waals surface area contributed by atoms with Crippen molar-refractivity contribution in [2.75, 3.05) is 11.1 Å². The van der Waals surface area contributed by atoms with E-state index in [0.29, 0.717) is 16.8 Å². The fraction of sp³-hybridized carbons (Fsp3) is 0.0909. The van der Waals surface area contributed by atoms with E-state index < -0.39 is 0 Å². The summed E-state index contributed by atoms with van der Waals surface area (Å²) in [4.78, 5) is 26.3. The van der Waals surface area contributed by atoms with Crippen LogP contribution in [0.1, 0.15) is 21.5 Å². The zero-order chi connectivity index (χ0) is 19.2. The Morgan fingerprint density at radius 1 is 0.963 bits per heavy atom. The minimum atomic E-state index is -0.148. The lowest BCUT2D eigenvalue weighted by atomic mass is 10.0.